The number of nitrogens with one attached hydrogen (secondary N) is 1. The molecule has 24 heavy (non-hydrogen) atoms. The molecule has 0 aliphatic carbocycles. The summed E-state index contributed by atoms with van der Waals surface area (Å²) < 4.78 is 1.90. The third-order valence-corrected chi connectivity index (χ3v) is 4.48. The Bertz CT molecular complexity index is 654. The monoisotopic (exact) mass is 346 g/mol. The van der Waals surface area contributed by atoms with Crippen molar-refractivity contribution in [2.24, 2.45) is 0 Å². The zero-order chi connectivity index (χ0) is 17.5. The minimum Gasteiger partial charge on any atom is -0.328 e. The molecule has 5 nitrogen and oxygen atoms in total. The highest BCUT2D eigenvalue weighted by molar-refractivity contribution is 7.98. The molecule has 0 unspecified atom stereocenters. The Labute approximate surface area is 148 Å². The van der Waals surface area contributed by atoms with Gasteiger partial charge in [0.1, 0.15) is 0 Å². The van der Waals surface area contributed by atoms with Crippen molar-refractivity contribution < 1.29 is 4.79 Å². The quantitative estimate of drug-likeness (QED) is 0.764. The first-order valence-corrected chi connectivity index (χ1v) is 9.58. The summed E-state index contributed by atoms with van der Waals surface area (Å²) in [7, 11) is 1.83. The van der Waals surface area contributed by atoms with Gasteiger partial charge in [0, 0.05) is 13.6 Å². The van der Waals surface area contributed by atoms with E-state index in [9.17, 15) is 4.79 Å². The summed E-state index contributed by atoms with van der Waals surface area (Å²) in [6.45, 7) is 4.96. The Morgan fingerprint density at radius 1 is 1.33 bits per heavy atom. The Balaban J connectivity index is 2.16. The lowest BCUT2D eigenvalue weighted by Crippen LogP contribution is -2.32. The van der Waals surface area contributed by atoms with E-state index in [0.29, 0.717) is 0 Å². The summed E-state index contributed by atoms with van der Waals surface area (Å²) in [5.74, 6) is 1.30. The van der Waals surface area contributed by atoms with Gasteiger partial charge in [0.25, 0.3) is 0 Å². The second-order valence-corrected chi connectivity index (χ2v) is 7.03. The first-order valence-electron chi connectivity index (χ1n) is 8.19. The van der Waals surface area contributed by atoms with Gasteiger partial charge >= 0.3 is 6.03 Å². The SMILES string of the molecule is CSCCCN(C)C(=O)Nc1cnn(-c2ccccc2)c1C(C)C. The summed E-state index contributed by atoms with van der Waals surface area (Å²) in [5.41, 5.74) is 2.78. The Hall–Kier alpha value is -1.95. The molecule has 130 valence electrons. The van der Waals surface area contributed by atoms with E-state index in [-0.39, 0.29) is 11.9 Å². The zero-order valence-corrected chi connectivity index (χ0v) is 15.6. The van der Waals surface area contributed by atoms with Gasteiger partial charge in [-0.3, -0.25) is 0 Å². The van der Waals surface area contributed by atoms with Gasteiger partial charge in [0.2, 0.25) is 0 Å². The van der Waals surface area contributed by atoms with Crippen LogP contribution in [0.1, 0.15) is 31.9 Å². The van der Waals surface area contributed by atoms with Crippen LogP contribution in [-0.2, 0) is 0 Å². The molecule has 0 fully saturated rings. The molecular formula is C18H26N4OS. The second kappa shape index (κ2) is 8.78. The number of thioether (sulfide) groups is 1. The van der Waals surface area contributed by atoms with Gasteiger partial charge in [0.15, 0.2) is 0 Å². The molecule has 2 rings (SSSR count). The molecule has 1 aromatic heterocycles. The van der Waals surface area contributed by atoms with E-state index in [2.05, 4.69) is 30.5 Å². The maximum Gasteiger partial charge on any atom is 0.321 e. The Kier molecular flexibility index (Phi) is 6.73. The standard InChI is InChI=1S/C18H26N4OS/c1-14(2)17-16(20-18(23)21(3)11-8-12-24-4)13-19-22(17)15-9-6-5-7-10-15/h5-7,9-10,13-14H,8,11-12H2,1-4H3,(H,20,23). The lowest BCUT2D eigenvalue weighted by Gasteiger charge is -2.19. The molecule has 1 aromatic carbocycles. The molecule has 0 spiro atoms. The van der Waals surface area contributed by atoms with Crippen LogP contribution in [0.15, 0.2) is 36.5 Å². The van der Waals surface area contributed by atoms with Crippen LogP contribution >= 0.6 is 11.8 Å². The average Bonchev–Trinajstić information content (AvgIpc) is 2.99. The van der Waals surface area contributed by atoms with Crippen molar-refractivity contribution in [1.82, 2.24) is 14.7 Å². The van der Waals surface area contributed by atoms with Crippen molar-refractivity contribution in [2.75, 3.05) is 30.9 Å². The Morgan fingerprint density at radius 3 is 2.67 bits per heavy atom. The fourth-order valence-electron chi connectivity index (χ4n) is 2.54. The lowest BCUT2D eigenvalue weighted by molar-refractivity contribution is 0.222. The van der Waals surface area contributed by atoms with Crippen molar-refractivity contribution in [3.63, 3.8) is 0 Å². The highest BCUT2D eigenvalue weighted by Crippen LogP contribution is 2.27. The third-order valence-electron chi connectivity index (χ3n) is 3.78. The molecule has 0 aliphatic rings. The molecule has 0 saturated heterocycles. The summed E-state index contributed by atoms with van der Waals surface area (Å²) in [4.78, 5) is 14.1. The van der Waals surface area contributed by atoms with E-state index < -0.39 is 0 Å². The first kappa shape index (κ1) is 18.4. The Morgan fingerprint density at radius 2 is 2.04 bits per heavy atom. The number of para-hydroxylation sites is 1. The fourth-order valence-corrected chi connectivity index (χ4v) is 2.96. The summed E-state index contributed by atoms with van der Waals surface area (Å²) in [6.07, 6.45) is 4.80. The van der Waals surface area contributed by atoms with E-state index >= 15 is 0 Å². The number of carbonyl (C=O) groups is 1. The molecule has 2 amide bonds. The zero-order valence-electron chi connectivity index (χ0n) is 14.8. The molecule has 0 bridgehead atoms. The van der Waals surface area contributed by atoms with Crippen LogP contribution in [0, 0.1) is 0 Å². The molecule has 0 saturated carbocycles. The molecule has 0 atom stereocenters. The van der Waals surface area contributed by atoms with Crippen LogP contribution in [0.4, 0.5) is 10.5 Å². The van der Waals surface area contributed by atoms with Gasteiger partial charge < -0.3 is 10.2 Å². The van der Waals surface area contributed by atoms with Crippen molar-refractivity contribution >= 4 is 23.5 Å². The van der Waals surface area contributed by atoms with Crippen LogP contribution in [0.25, 0.3) is 5.69 Å². The van der Waals surface area contributed by atoms with E-state index in [1.54, 1.807) is 22.9 Å². The average molecular weight is 347 g/mol. The molecular weight excluding hydrogens is 320 g/mol. The number of hydrogen-bond acceptors (Lipinski definition) is 3. The maximum absolute atomic E-state index is 12.4. The van der Waals surface area contributed by atoms with Crippen molar-refractivity contribution in [1.29, 1.82) is 0 Å². The minimum atomic E-state index is -0.0920. The first-order chi connectivity index (χ1) is 11.5. The normalized spacial score (nSPS) is 10.9. The van der Waals surface area contributed by atoms with Gasteiger partial charge in [-0.15, -0.1) is 0 Å². The molecule has 2 aromatic rings. The van der Waals surface area contributed by atoms with Crippen molar-refractivity contribution in [2.45, 2.75) is 26.2 Å². The molecule has 0 radical (unpaired) electrons. The summed E-state index contributed by atoms with van der Waals surface area (Å²) in [6, 6.07) is 9.88. The van der Waals surface area contributed by atoms with Gasteiger partial charge in [-0.25, -0.2) is 9.48 Å². The van der Waals surface area contributed by atoms with Crippen LogP contribution in [0.5, 0.6) is 0 Å². The third kappa shape index (κ3) is 4.54. The highest BCUT2D eigenvalue weighted by Gasteiger charge is 2.18. The predicted octanol–water partition coefficient (Wildman–Crippen LogP) is 4.21. The number of aromatic nitrogens is 2. The van der Waals surface area contributed by atoms with Crippen LogP contribution in [0.3, 0.4) is 0 Å². The highest BCUT2D eigenvalue weighted by atomic mass is 32.2. The smallest absolute Gasteiger partial charge is 0.321 e. The number of benzene rings is 1. The fraction of sp³-hybridized carbons (Fsp3) is 0.444. The van der Waals surface area contributed by atoms with E-state index in [4.69, 9.17) is 0 Å². The maximum atomic E-state index is 12.4. The topological polar surface area (TPSA) is 50.2 Å². The number of urea groups is 1. The number of anilines is 1. The molecule has 6 heteroatoms. The van der Waals surface area contributed by atoms with Crippen molar-refractivity contribution in [3.05, 3.63) is 42.2 Å². The van der Waals surface area contributed by atoms with Gasteiger partial charge in [-0.2, -0.15) is 16.9 Å². The number of nitrogens with zero attached hydrogens (tertiary/aromatic N) is 3. The lowest BCUT2D eigenvalue weighted by atomic mass is 10.1. The van der Waals surface area contributed by atoms with Crippen LogP contribution in [0.2, 0.25) is 0 Å². The van der Waals surface area contributed by atoms with Gasteiger partial charge in [-0.1, -0.05) is 32.0 Å². The van der Waals surface area contributed by atoms with Crippen LogP contribution < -0.4 is 5.32 Å². The number of amides is 2. The molecule has 0 aliphatic heterocycles. The molecule has 1 N–H and O–H groups in total. The van der Waals surface area contributed by atoms with Gasteiger partial charge in [-0.05, 0) is 36.5 Å². The number of hydrogen-bond donors (Lipinski definition) is 1. The number of rotatable bonds is 7. The summed E-state index contributed by atoms with van der Waals surface area (Å²) in [5, 5.41) is 7.48. The predicted molar refractivity (Wildman–Crippen MR) is 102 cm³/mol. The number of carbonyl (C=O) groups excluding carboxylic acids is 1. The van der Waals surface area contributed by atoms with Gasteiger partial charge in [0.05, 0.1) is 23.3 Å². The molecule has 1 heterocycles. The minimum absolute atomic E-state index is 0.0920. The van der Waals surface area contributed by atoms with Crippen molar-refractivity contribution in [3.8, 4) is 5.69 Å². The second-order valence-electron chi connectivity index (χ2n) is 6.04. The van der Waals surface area contributed by atoms with E-state index in [1.165, 1.54) is 0 Å². The largest absolute Gasteiger partial charge is 0.328 e. The summed E-state index contributed by atoms with van der Waals surface area (Å²) >= 11 is 1.79. The van der Waals surface area contributed by atoms with Crippen LogP contribution in [-0.4, -0.2) is 46.3 Å². The van der Waals surface area contributed by atoms with E-state index in [0.717, 1.165) is 35.8 Å². The van der Waals surface area contributed by atoms with E-state index in [1.807, 2.05) is 42.1 Å².